The van der Waals surface area contributed by atoms with Crippen LogP contribution in [-0.2, 0) is 12.2 Å². The number of fused-ring (bicyclic) bond motifs is 2. The van der Waals surface area contributed by atoms with Crippen molar-refractivity contribution in [1.29, 1.82) is 0 Å². The number of likely N-dealkylation sites (N-methyl/N-ethyl adjacent to an activating group) is 1. The Morgan fingerprint density at radius 3 is 2.48 bits per heavy atom. The Balaban J connectivity index is 1.57. The summed E-state index contributed by atoms with van der Waals surface area (Å²) in [5, 5.41) is 0. The molecule has 0 aliphatic carbocycles. The van der Waals surface area contributed by atoms with Crippen molar-refractivity contribution < 1.29 is 4.79 Å². The van der Waals surface area contributed by atoms with Gasteiger partial charge in [-0.3, -0.25) is 9.69 Å². The lowest BCUT2D eigenvalue weighted by Crippen LogP contribution is -2.57. The van der Waals surface area contributed by atoms with E-state index in [4.69, 9.17) is 0 Å². The molecular weight excluding hydrogens is 312 g/mol. The molecule has 5 rings (SSSR count). The van der Waals surface area contributed by atoms with Gasteiger partial charge in [0.05, 0.1) is 6.54 Å². The number of nitrogens with zero attached hydrogens (tertiary/aromatic N) is 4. The van der Waals surface area contributed by atoms with Crippen LogP contribution >= 0.6 is 0 Å². The van der Waals surface area contributed by atoms with E-state index >= 15 is 0 Å². The molecule has 0 bridgehead atoms. The highest BCUT2D eigenvalue weighted by Gasteiger charge is 2.52. The zero-order valence-corrected chi connectivity index (χ0v) is 14.7. The molecule has 1 aromatic heterocycles. The summed E-state index contributed by atoms with van der Waals surface area (Å²) in [7, 11) is 2.14. The van der Waals surface area contributed by atoms with Crippen molar-refractivity contribution in [3.05, 3.63) is 53.9 Å². The molecule has 5 heteroatoms. The highest BCUT2D eigenvalue weighted by Crippen LogP contribution is 2.42. The van der Waals surface area contributed by atoms with Crippen LogP contribution < -0.4 is 4.90 Å². The first-order valence-electron chi connectivity index (χ1n) is 9.24. The van der Waals surface area contributed by atoms with Gasteiger partial charge >= 0.3 is 0 Å². The zero-order valence-electron chi connectivity index (χ0n) is 14.7. The van der Waals surface area contributed by atoms with Crippen LogP contribution in [-0.4, -0.2) is 53.5 Å². The minimum atomic E-state index is -0.368. The van der Waals surface area contributed by atoms with Gasteiger partial charge in [-0.05, 0) is 49.7 Å². The largest absolute Gasteiger partial charge is 0.372 e. The lowest BCUT2D eigenvalue weighted by Gasteiger charge is -2.46. The number of anilines is 1. The Morgan fingerprint density at radius 1 is 0.960 bits per heavy atom. The monoisotopic (exact) mass is 336 g/mol. The van der Waals surface area contributed by atoms with Gasteiger partial charge in [0.2, 0.25) is 0 Å². The molecule has 2 fully saturated rings. The lowest BCUT2D eigenvalue weighted by molar-refractivity contribution is -0.00122. The molecule has 2 saturated heterocycles. The number of rotatable bonds is 2. The highest BCUT2D eigenvalue weighted by molar-refractivity contribution is 5.94. The Morgan fingerprint density at radius 2 is 1.72 bits per heavy atom. The average Bonchev–Trinajstić information content (AvgIpc) is 3.36. The normalized spacial score (nSPS) is 26.2. The Labute approximate surface area is 148 Å². The smallest absolute Gasteiger partial charge is 0.272 e. The molecule has 3 aliphatic rings. The van der Waals surface area contributed by atoms with E-state index in [0.29, 0.717) is 0 Å². The van der Waals surface area contributed by atoms with E-state index in [9.17, 15) is 4.79 Å². The molecule has 2 aromatic rings. The molecule has 25 heavy (non-hydrogen) atoms. The van der Waals surface area contributed by atoms with Gasteiger partial charge in [0.25, 0.3) is 5.91 Å². The lowest BCUT2D eigenvalue weighted by atomic mass is 9.94. The number of aromatic nitrogens is 1. The molecule has 3 aliphatic heterocycles. The third kappa shape index (κ3) is 2.02. The maximum Gasteiger partial charge on any atom is 0.272 e. The molecule has 0 spiro atoms. The van der Waals surface area contributed by atoms with E-state index in [-0.39, 0.29) is 11.6 Å². The van der Waals surface area contributed by atoms with Crippen molar-refractivity contribution in [2.45, 2.75) is 25.0 Å². The molecule has 1 amide bonds. The fourth-order valence-corrected chi connectivity index (χ4v) is 4.81. The second kappa shape index (κ2) is 5.36. The third-order valence-electron chi connectivity index (χ3n) is 6.22. The van der Waals surface area contributed by atoms with Gasteiger partial charge in [-0.15, -0.1) is 0 Å². The van der Waals surface area contributed by atoms with Gasteiger partial charge in [-0.1, -0.05) is 12.1 Å². The van der Waals surface area contributed by atoms with Crippen LogP contribution in [0.1, 0.15) is 28.9 Å². The first kappa shape index (κ1) is 15.0. The van der Waals surface area contributed by atoms with Gasteiger partial charge in [-0.2, -0.15) is 0 Å². The quantitative estimate of drug-likeness (QED) is 0.844. The zero-order chi connectivity index (χ0) is 17.0. The predicted molar refractivity (Wildman–Crippen MR) is 97.7 cm³/mol. The summed E-state index contributed by atoms with van der Waals surface area (Å²) in [4.78, 5) is 19.9. The number of amides is 1. The van der Waals surface area contributed by atoms with Gasteiger partial charge in [0.1, 0.15) is 11.4 Å². The Bertz CT molecular complexity index is 805. The molecule has 1 unspecified atom stereocenters. The molecule has 130 valence electrons. The van der Waals surface area contributed by atoms with Gasteiger partial charge in [0, 0.05) is 38.1 Å². The van der Waals surface area contributed by atoms with Crippen LogP contribution in [0, 0.1) is 0 Å². The van der Waals surface area contributed by atoms with Crippen LogP contribution in [0.2, 0.25) is 0 Å². The maximum atomic E-state index is 13.0. The summed E-state index contributed by atoms with van der Waals surface area (Å²) < 4.78 is 2.11. The van der Waals surface area contributed by atoms with E-state index in [1.54, 1.807) is 0 Å². The first-order valence-corrected chi connectivity index (χ1v) is 9.24. The molecule has 0 radical (unpaired) electrons. The third-order valence-corrected chi connectivity index (χ3v) is 6.22. The fourth-order valence-electron chi connectivity index (χ4n) is 4.81. The number of benzene rings is 1. The van der Waals surface area contributed by atoms with Crippen molar-refractivity contribution in [2.75, 3.05) is 38.1 Å². The molecule has 1 aromatic carbocycles. The van der Waals surface area contributed by atoms with Gasteiger partial charge < -0.3 is 14.4 Å². The first-order chi connectivity index (χ1) is 12.2. The minimum Gasteiger partial charge on any atom is -0.372 e. The minimum absolute atomic E-state index is 0.143. The standard InChI is InChI=1S/C20H24N4O/c1-21-13-14-24-19(25)18-5-4-12-23(18)15-20(21,24)16-6-8-17(9-7-16)22-10-2-3-11-22/h4-9,12H,2-3,10-11,13-15H2,1H3. The highest BCUT2D eigenvalue weighted by atomic mass is 16.2. The van der Waals surface area contributed by atoms with Crippen molar-refractivity contribution in [3.63, 3.8) is 0 Å². The van der Waals surface area contributed by atoms with Gasteiger partial charge in [-0.25, -0.2) is 0 Å². The Kier molecular flexibility index (Phi) is 3.22. The van der Waals surface area contributed by atoms with E-state index in [0.717, 1.165) is 38.4 Å². The van der Waals surface area contributed by atoms with Crippen molar-refractivity contribution in [1.82, 2.24) is 14.4 Å². The van der Waals surface area contributed by atoms with Crippen molar-refractivity contribution in [2.24, 2.45) is 0 Å². The van der Waals surface area contributed by atoms with Crippen molar-refractivity contribution >= 4 is 11.6 Å². The summed E-state index contributed by atoms with van der Waals surface area (Å²) in [5.74, 6) is 0.143. The van der Waals surface area contributed by atoms with E-state index in [1.165, 1.54) is 24.1 Å². The predicted octanol–water partition coefficient (Wildman–Crippen LogP) is 2.34. The number of hydrogen-bond donors (Lipinski definition) is 0. The number of hydrogen-bond acceptors (Lipinski definition) is 3. The molecular formula is C20H24N4O. The topological polar surface area (TPSA) is 31.7 Å². The fraction of sp³-hybridized carbons (Fsp3) is 0.450. The number of carbonyl (C=O) groups is 1. The summed E-state index contributed by atoms with van der Waals surface area (Å²) >= 11 is 0. The summed E-state index contributed by atoms with van der Waals surface area (Å²) in [5.41, 5.74) is 2.95. The van der Waals surface area contributed by atoms with E-state index in [1.807, 2.05) is 18.3 Å². The molecule has 1 atom stereocenters. The summed E-state index contributed by atoms with van der Waals surface area (Å²) in [6, 6.07) is 12.8. The maximum absolute atomic E-state index is 13.0. The summed E-state index contributed by atoms with van der Waals surface area (Å²) in [6.45, 7) is 4.79. The average molecular weight is 336 g/mol. The van der Waals surface area contributed by atoms with Crippen LogP contribution in [0.4, 0.5) is 5.69 Å². The SMILES string of the molecule is CN1CCN2C(=O)c3cccn3CC12c1ccc(N2CCCC2)cc1. The van der Waals surface area contributed by atoms with E-state index < -0.39 is 0 Å². The van der Waals surface area contributed by atoms with E-state index in [2.05, 4.69) is 50.6 Å². The molecule has 5 nitrogen and oxygen atoms in total. The van der Waals surface area contributed by atoms with Crippen LogP contribution in [0.5, 0.6) is 0 Å². The number of carbonyl (C=O) groups excluding carboxylic acids is 1. The molecule has 0 N–H and O–H groups in total. The molecule has 4 heterocycles. The van der Waals surface area contributed by atoms with Crippen molar-refractivity contribution in [3.8, 4) is 0 Å². The second-order valence-corrected chi connectivity index (χ2v) is 7.46. The second-order valence-electron chi connectivity index (χ2n) is 7.46. The molecule has 0 saturated carbocycles. The van der Waals surface area contributed by atoms with Crippen LogP contribution in [0.25, 0.3) is 0 Å². The Hall–Kier alpha value is -2.27. The van der Waals surface area contributed by atoms with Crippen LogP contribution in [0.3, 0.4) is 0 Å². The summed E-state index contributed by atoms with van der Waals surface area (Å²) in [6.07, 6.45) is 4.59. The van der Waals surface area contributed by atoms with Crippen LogP contribution in [0.15, 0.2) is 42.6 Å². The van der Waals surface area contributed by atoms with Gasteiger partial charge in [0.15, 0.2) is 0 Å².